The van der Waals surface area contributed by atoms with Gasteiger partial charge in [0.25, 0.3) is 0 Å². The molecule has 5 N–H and O–H groups in total. The molecule has 0 spiro atoms. The maximum absolute atomic E-state index is 12.0. The molecule has 0 saturated carbocycles. The van der Waals surface area contributed by atoms with Gasteiger partial charge in [-0.25, -0.2) is 4.79 Å². The first kappa shape index (κ1) is 16.0. The number of hydrogen-bond acceptors (Lipinski definition) is 3. The molecule has 1 aromatic carbocycles. The molecule has 6 heteroatoms. The summed E-state index contributed by atoms with van der Waals surface area (Å²) in [5.74, 6) is -1.54. The Hall–Kier alpha value is -2.34. The Labute approximate surface area is 128 Å². The minimum Gasteiger partial charge on any atom is -0.480 e. The van der Waals surface area contributed by atoms with Crippen molar-refractivity contribution in [2.45, 2.75) is 38.3 Å². The van der Waals surface area contributed by atoms with Crippen molar-refractivity contribution in [1.82, 2.24) is 10.3 Å². The smallest absolute Gasteiger partial charge is 0.328 e. The fraction of sp³-hybridized carbons (Fsp3) is 0.375. The number of aromatic nitrogens is 1. The molecule has 1 aromatic heterocycles. The number of para-hydroxylation sites is 1. The number of carbonyl (C=O) groups is 2. The van der Waals surface area contributed by atoms with Gasteiger partial charge in [-0.3, -0.25) is 4.79 Å². The molecule has 1 amide bonds. The molecular weight excluding hydrogens is 282 g/mol. The number of aromatic amines is 1. The number of amides is 1. The molecule has 0 radical (unpaired) electrons. The van der Waals surface area contributed by atoms with Crippen LogP contribution in [0.3, 0.4) is 0 Å². The van der Waals surface area contributed by atoms with Crippen molar-refractivity contribution < 1.29 is 14.7 Å². The molecule has 0 bridgehead atoms. The van der Waals surface area contributed by atoms with Crippen LogP contribution in [0.5, 0.6) is 0 Å². The summed E-state index contributed by atoms with van der Waals surface area (Å²) in [6, 6.07) is 7.17. The second kappa shape index (κ2) is 6.19. The Morgan fingerprint density at radius 1 is 1.36 bits per heavy atom. The van der Waals surface area contributed by atoms with Crippen molar-refractivity contribution in [2.24, 2.45) is 5.73 Å². The number of carbonyl (C=O) groups excluding carboxylic acids is 1. The van der Waals surface area contributed by atoms with Crippen LogP contribution >= 0.6 is 0 Å². The SMILES string of the molecule is CC(C)(NC(=O)[C@H](N)CCc1c[nH]c2ccccc12)C(=O)O. The van der Waals surface area contributed by atoms with E-state index in [0.717, 1.165) is 16.5 Å². The zero-order chi connectivity index (χ0) is 16.3. The van der Waals surface area contributed by atoms with Crippen LogP contribution in [0.4, 0.5) is 0 Å². The number of rotatable bonds is 6. The summed E-state index contributed by atoms with van der Waals surface area (Å²) in [7, 11) is 0. The Kier molecular flexibility index (Phi) is 4.51. The van der Waals surface area contributed by atoms with Gasteiger partial charge in [0.15, 0.2) is 0 Å². The second-order valence-electron chi connectivity index (χ2n) is 5.92. The van der Waals surface area contributed by atoms with E-state index in [0.29, 0.717) is 12.8 Å². The minimum absolute atomic E-state index is 0.448. The fourth-order valence-electron chi connectivity index (χ4n) is 2.23. The number of carboxylic acids is 1. The monoisotopic (exact) mass is 303 g/mol. The van der Waals surface area contributed by atoms with Gasteiger partial charge in [0.2, 0.25) is 5.91 Å². The summed E-state index contributed by atoms with van der Waals surface area (Å²) in [6.45, 7) is 2.86. The summed E-state index contributed by atoms with van der Waals surface area (Å²) in [5, 5.41) is 12.6. The average Bonchev–Trinajstić information content (AvgIpc) is 2.87. The van der Waals surface area contributed by atoms with E-state index in [-0.39, 0.29) is 0 Å². The molecule has 118 valence electrons. The molecule has 2 aromatic rings. The summed E-state index contributed by atoms with van der Waals surface area (Å²) in [6.07, 6.45) is 3.01. The highest BCUT2D eigenvalue weighted by atomic mass is 16.4. The number of carboxylic acid groups (broad SMARTS) is 1. The number of nitrogens with one attached hydrogen (secondary N) is 2. The van der Waals surface area contributed by atoms with E-state index in [4.69, 9.17) is 10.8 Å². The Bertz CT molecular complexity index is 691. The van der Waals surface area contributed by atoms with Gasteiger partial charge in [-0.05, 0) is 38.3 Å². The standard InChI is InChI=1S/C16H21N3O3/c1-16(2,15(21)22)19-14(20)12(17)8-7-10-9-18-13-6-4-3-5-11(10)13/h3-6,9,12,18H,7-8,17H2,1-2H3,(H,19,20)(H,21,22)/t12-/m1/s1. The van der Waals surface area contributed by atoms with Crippen LogP contribution in [-0.2, 0) is 16.0 Å². The molecule has 6 nitrogen and oxygen atoms in total. The number of benzene rings is 1. The fourth-order valence-corrected chi connectivity index (χ4v) is 2.23. The average molecular weight is 303 g/mol. The second-order valence-corrected chi connectivity index (χ2v) is 5.92. The molecule has 0 fully saturated rings. The lowest BCUT2D eigenvalue weighted by atomic mass is 10.0. The molecule has 22 heavy (non-hydrogen) atoms. The van der Waals surface area contributed by atoms with Crippen LogP contribution in [0, 0.1) is 0 Å². The van der Waals surface area contributed by atoms with E-state index in [1.165, 1.54) is 13.8 Å². The third-order valence-corrected chi connectivity index (χ3v) is 3.71. The molecule has 1 heterocycles. The number of aliphatic carboxylic acids is 1. The highest BCUT2D eigenvalue weighted by Gasteiger charge is 2.30. The lowest BCUT2D eigenvalue weighted by Gasteiger charge is -2.23. The van der Waals surface area contributed by atoms with Crippen molar-refractivity contribution in [1.29, 1.82) is 0 Å². The molecular formula is C16H21N3O3. The van der Waals surface area contributed by atoms with E-state index in [2.05, 4.69) is 10.3 Å². The first-order chi connectivity index (χ1) is 10.3. The molecule has 1 atom stereocenters. The molecule has 0 aliphatic rings. The number of hydrogen-bond donors (Lipinski definition) is 4. The number of aryl methyl sites for hydroxylation is 1. The van der Waals surface area contributed by atoms with Crippen LogP contribution in [0.25, 0.3) is 10.9 Å². The Morgan fingerprint density at radius 2 is 2.05 bits per heavy atom. The molecule has 0 unspecified atom stereocenters. The summed E-state index contributed by atoms with van der Waals surface area (Å²) < 4.78 is 0. The van der Waals surface area contributed by atoms with E-state index in [1.54, 1.807) is 0 Å². The Balaban J connectivity index is 1.96. The molecule has 0 aliphatic heterocycles. The summed E-state index contributed by atoms with van der Waals surface area (Å²) in [5.41, 5.74) is 6.68. The van der Waals surface area contributed by atoms with Crippen LogP contribution in [0.1, 0.15) is 25.8 Å². The largest absolute Gasteiger partial charge is 0.480 e. The van der Waals surface area contributed by atoms with Crippen LogP contribution in [-0.4, -0.2) is 33.5 Å². The summed E-state index contributed by atoms with van der Waals surface area (Å²) >= 11 is 0. The number of fused-ring (bicyclic) bond motifs is 1. The normalized spacial score (nSPS) is 13.0. The predicted octanol–water partition coefficient (Wildman–Crippen LogP) is 1.41. The molecule has 0 saturated heterocycles. The van der Waals surface area contributed by atoms with Gasteiger partial charge in [-0.15, -0.1) is 0 Å². The van der Waals surface area contributed by atoms with Crippen molar-refractivity contribution in [3.8, 4) is 0 Å². The predicted molar refractivity (Wildman–Crippen MR) is 84.5 cm³/mol. The van der Waals surface area contributed by atoms with Crippen LogP contribution in [0.15, 0.2) is 30.5 Å². The lowest BCUT2D eigenvalue weighted by molar-refractivity contribution is -0.146. The maximum atomic E-state index is 12.0. The number of nitrogens with two attached hydrogens (primary N) is 1. The van der Waals surface area contributed by atoms with Crippen LogP contribution < -0.4 is 11.1 Å². The zero-order valence-corrected chi connectivity index (χ0v) is 12.7. The first-order valence-electron chi connectivity index (χ1n) is 7.17. The first-order valence-corrected chi connectivity index (χ1v) is 7.17. The molecule has 0 aliphatic carbocycles. The van der Waals surface area contributed by atoms with E-state index < -0.39 is 23.5 Å². The third kappa shape index (κ3) is 3.46. The van der Waals surface area contributed by atoms with Crippen LogP contribution in [0.2, 0.25) is 0 Å². The van der Waals surface area contributed by atoms with Crippen molar-refractivity contribution in [3.05, 3.63) is 36.0 Å². The van der Waals surface area contributed by atoms with Gasteiger partial charge in [0.05, 0.1) is 6.04 Å². The van der Waals surface area contributed by atoms with Gasteiger partial charge in [-0.1, -0.05) is 18.2 Å². The van der Waals surface area contributed by atoms with Crippen molar-refractivity contribution in [2.75, 3.05) is 0 Å². The van der Waals surface area contributed by atoms with Gasteiger partial charge < -0.3 is 21.1 Å². The maximum Gasteiger partial charge on any atom is 0.328 e. The highest BCUT2D eigenvalue weighted by Crippen LogP contribution is 2.19. The third-order valence-electron chi connectivity index (χ3n) is 3.71. The van der Waals surface area contributed by atoms with E-state index >= 15 is 0 Å². The van der Waals surface area contributed by atoms with E-state index in [9.17, 15) is 9.59 Å². The van der Waals surface area contributed by atoms with E-state index in [1.807, 2.05) is 30.5 Å². The molecule has 2 rings (SSSR count). The summed E-state index contributed by atoms with van der Waals surface area (Å²) in [4.78, 5) is 26.2. The van der Waals surface area contributed by atoms with Gasteiger partial charge in [-0.2, -0.15) is 0 Å². The van der Waals surface area contributed by atoms with Gasteiger partial charge >= 0.3 is 5.97 Å². The lowest BCUT2D eigenvalue weighted by Crippen LogP contribution is -2.54. The Morgan fingerprint density at radius 3 is 2.73 bits per heavy atom. The van der Waals surface area contributed by atoms with Crippen molar-refractivity contribution >= 4 is 22.8 Å². The highest BCUT2D eigenvalue weighted by molar-refractivity contribution is 5.89. The van der Waals surface area contributed by atoms with Crippen molar-refractivity contribution in [3.63, 3.8) is 0 Å². The minimum atomic E-state index is -1.32. The van der Waals surface area contributed by atoms with Gasteiger partial charge in [0, 0.05) is 17.1 Å². The van der Waals surface area contributed by atoms with Gasteiger partial charge in [0.1, 0.15) is 5.54 Å². The topological polar surface area (TPSA) is 108 Å². The quantitative estimate of drug-likeness (QED) is 0.647. The zero-order valence-electron chi connectivity index (χ0n) is 12.7. The number of H-pyrrole nitrogens is 1.